The Kier molecular flexibility index (Phi) is 8.26. The van der Waals surface area contributed by atoms with Gasteiger partial charge in [0.15, 0.2) is 0 Å². The number of carbonyl (C=O) groups excluding carboxylic acids is 3. The second-order valence-corrected chi connectivity index (χ2v) is 8.23. The fourth-order valence-electron chi connectivity index (χ4n) is 3.31. The van der Waals surface area contributed by atoms with Crippen LogP contribution >= 0.6 is 11.3 Å². The number of amides is 2. The first-order chi connectivity index (χ1) is 16.4. The monoisotopic (exact) mass is 482 g/mol. The number of thiophene rings is 1. The van der Waals surface area contributed by atoms with Gasteiger partial charge in [0.05, 0.1) is 43.4 Å². The minimum atomic E-state index is -0.607. The zero-order valence-electron chi connectivity index (χ0n) is 19.4. The fourth-order valence-corrected chi connectivity index (χ4v) is 4.42. The Morgan fingerprint density at radius 2 is 1.71 bits per heavy atom. The summed E-state index contributed by atoms with van der Waals surface area (Å²) in [6.07, 6.45) is 0.128. The molecule has 2 N–H and O–H groups in total. The van der Waals surface area contributed by atoms with Gasteiger partial charge in [-0.25, -0.2) is 4.79 Å². The van der Waals surface area contributed by atoms with Crippen LogP contribution in [-0.2, 0) is 16.0 Å². The standard InChI is InChI=1S/C25H26N2O6S/c1-5-33-25(30)21-15(2)22(23(29)26-18-14-17(31-3)11-12-19(18)32-4)34-24(21)27-20(28)13-16-9-7-6-8-10-16/h6-12,14H,5,13H2,1-4H3,(H,26,29)(H,27,28). The molecule has 0 radical (unpaired) electrons. The van der Waals surface area contributed by atoms with E-state index >= 15 is 0 Å². The van der Waals surface area contributed by atoms with Crippen molar-refractivity contribution in [3.63, 3.8) is 0 Å². The molecule has 0 aliphatic heterocycles. The summed E-state index contributed by atoms with van der Waals surface area (Å²) in [7, 11) is 3.01. The Morgan fingerprint density at radius 1 is 0.971 bits per heavy atom. The van der Waals surface area contributed by atoms with E-state index in [9.17, 15) is 14.4 Å². The number of carbonyl (C=O) groups is 3. The van der Waals surface area contributed by atoms with E-state index in [1.165, 1.54) is 14.2 Å². The molecule has 0 saturated heterocycles. The van der Waals surface area contributed by atoms with Crippen LogP contribution in [0, 0.1) is 6.92 Å². The highest BCUT2D eigenvalue weighted by Crippen LogP contribution is 2.36. The van der Waals surface area contributed by atoms with E-state index in [0.29, 0.717) is 22.7 Å². The molecule has 3 rings (SSSR count). The molecule has 2 aromatic carbocycles. The first-order valence-corrected chi connectivity index (χ1v) is 11.4. The minimum absolute atomic E-state index is 0.128. The highest BCUT2D eigenvalue weighted by molar-refractivity contribution is 7.19. The van der Waals surface area contributed by atoms with Gasteiger partial charge in [-0.2, -0.15) is 0 Å². The smallest absolute Gasteiger partial charge is 0.341 e. The van der Waals surface area contributed by atoms with E-state index in [1.54, 1.807) is 32.0 Å². The summed E-state index contributed by atoms with van der Waals surface area (Å²) >= 11 is 1.01. The van der Waals surface area contributed by atoms with Crippen molar-refractivity contribution in [2.45, 2.75) is 20.3 Å². The molecule has 8 nitrogen and oxygen atoms in total. The number of esters is 1. The maximum Gasteiger partial charge on any atom is 0.341 e. The zero-order chi connectivity index (χ0) is 24.7. The molecule has 0 spiro atoms. The molecule has 2 amide bonds. The van der Waals surface area contributed by atoms with Gasteiger partial charge in [-0.3, -0.25) is 9.59 Å². The van der Waals surface area contributed by atoms with Gasteiger partial charge in [0, 0.05) is 6.07 Å². The van der Waals surface area contributed by atoms with Crippen molar-refractivity contribution in [1.29, 1.82) is 0 Å². The summed E-state index contributed by atoms with van der Waals surface area (Å²) in [5.41, 5.74) is 1.81. The van der Waals surface area contributed by atoms with E-state index < -0.39 is 11.9 Å². The maximum atomic E-state index is 13.2. The zero-order valence-corrected chi connectivity index (χ0v) is 20.2. The second-order valence-electron chi connectivity index (χ2n) is 7.21. The normalized spacial score (nSPS) is 10.4. The van der Waals surface area contributed by atoms with Crippen molar-refractivity contribution < 1.29 is 28.6 Å². The number of hydrogen-bond donors (Lipinski definition) is 2. The molecule has 0 atom stereocenters. The van der Waals surface area contributed by atoms with Crippen molar-refractivity contribution in [3.05, 3.63) is 70.1 Å². The third-order valence-electron chi connectivity index (χ3n) is 4.95. The summed E-state index contributed by atoms with van der Waals surface area (Å²) in [4.78, 5) is 38.8. The minimum Gasteiger partial charge on any atom is -0.497 e. The molecule has 0 fully saturated rings. The summed E-state index contributed by atoms with van der Waals surface area (Å²) < 4.78 is 15.7. The predicted molar refractivity (Wildman–Crippen MR) is 131 cm³/mol. The van der Waals surface area contributed by atoms with E-state index in [2.05, 4.69) is 10.6 Å². The number of nitrogens with one attached hydrogen (secondary N) is 2. The molecule has 0 aliphatic carbocycles. The van der Waals surface area contributed by atoms with E-state index in [4.69, 9.17) is 14.2 Å². The lowest BCUT2D eigenvalue weighted by Gasteiger charge is -2.11. The molecule has 9 heteroatoms. The lowest BCUT2D eigenvalue weighted by molar-refractivity contribution is -0.115. The van der Waals surface area contributed by atoms with Crippen LogP contribution in [0.15, 0.2) is 48.5 Å². The van der Waals surface area contributed by atoms with Crippen molar-refractivity contribution >= 4 is 39.8 Å². The molecule has 0 saturated carbocycles. The van der Waals surface area contributed by atoms with Crippen molar-refractivity contribution in [1.82, 2.24) is 0 Å². The van der Waals surface area contributed by atoms with Gasteiger partial charge in [0.2, 0.25) is 5.91 Å². The molecular formula is C25H26N2O6S. The molecule has 1 heterocycles. The van der Waals surface area contributed by atoms with Crippen molar-refractivity contribution in [3.8, 4) is 11.5 Å². The number of hydrogen-bond acceptors (Lipinski definition) is 7. The second kappa shape index (κ2) is 11.3. The third-order valence-corrected chi connectivity index (χ3v) is 6.15. The van der Waals surface area contributed by atoms with E-state index in [1.807, 2.05) is 30.3 Å². The maximum absolute atomic E-state index is 13.2. The van der Waals surface area contributed by atoms with Crippen molar-refractivity contribution in [2.24, 2.45) is 0 Å². The molecule has 0 unspecified atom stereocenters. The first kappa shape index (κ1) is 24.8. The highest BCUT2D eigenvalue weighted by atomic mass is 32.1. The Morgan fingerprint density at radius 3 is 2.35 bits per heavy atom. The molecule has 1 aromatic heterocycles. The number of ether oxygens (including phenoxy) is 3. The van der Waals surface area contributed by atoms with E-state index in [0.717, 1.165) is 16.9 Å². The molecular weight excluding hydrogens is 456 g/mol. The Labute approximate surface area is 201 Å². The van der Waals surface area contributed by atoms with Gasteiger partial charge in [0.25, 0.3) is 5.91 Å². The van der Waals surface area contributed by atoms with Gasteiger partial charge in [0.1, 0.15) is 16.5 Å². The number of methoxy groups -OCH3 is 2. The van der Waals surface area contributed by atoms with Gasteiger partial charge < -0.3 is 24.8 Å². The molecule has 3 aromatic rings. The molecule has 0 bridgehead atoms. The lowest BCUT2D eigenvalue weighted by atomic mass is 10.1. The van der Waals surface area contributed by atoms with Crippen LogP contribution in [0.3, 0.4) is 0 Å². The Bertz CT molecular complexity index is 1190. The number of rotatable bonds is 9. The number of anilines is 2. The summed E-state index contributed by atoms with van der Waals surface area (Å²) in [5, 5.41) is 5.84. The van der Waals surface area contributed by atoms with Crippen LogP contribution < -0.4 is 20.1 Å². The van der Waals surface area contributed by atoms with Crippen molar-refractivity contribution in [2.75, 3.05) is 31.5 Å². The van der Waals surface area contributed by atoms with Crippen LogP contribution in [0.5, 0.6) is 11.5 Å². The lowest BCUT2D eigenvalue weighted by Crippen LogP contribution is -2.16. The highest BCUT2D eigenvalue weighted by Gasteiger charge is 2.27. The Hall–Kier alpha value is -3.85. The van der Waals surface area contributed by atoms with Crippen LogP contribution in [0.1, 0.15) is 38.1 Å². The molecule has 0 aliphatic rings. The summed E-state index contributed by atoms with van der Waals surface area (Å²) in [6, 6.07) is 14.3. The van der Waals surface area contributed by atoms with Gasteiger partial charge in [-0.05, 0) is 37.1 Å². The van der Waals surface area contributed by atoms with Gasteiger partial charge >= 0.3 is 5.97 Å². The topological polar surface area (TPSA) is 103 Å². The average molecular weight is 483 g/mol. The quantitative estimate of drug-likeness (QED) is 0.429. The Balaban J connectivity index is 1.91. The van der Waals surface area contributed by atoms with Gasteiger partial charge in [-0.1, -0.05) is 30.3 Å². The van der Waals surface area contributed by atoms with Crippen LogP contribution in [0.2, 0.25) is 0 Å². The summed E-state index contributed by atoms with van der Waals surface area (Å²) in [5.74, 6) is -0.378. The summed E-state index contributed by atoms with van der Waals surface area (Å²) in [6.45, 7) is 3.50. The first-order valence-electron chi connectivity index (χ1n) is 10.6. The SMILES string of the molecule is CCOC(=O)c1c(NC(=O)Cc2ccccc2)sc(C(=O)Nc2cc(OC)ccc2OC)c1C. The van der Waals surface area contributed by atoms with Crippen LogP contribution in [-0.4, -0.2) is 38.6 Å². The average Bonchev–Trinajstić information content (AvgIpc) is 3.15. The van der Waals surface area contributed by atoms with E-state index in [-0.39, 0.29) is 34.4 Å². The molecule has 178 valence electrons. The molecule has 34 heavy (non-hydrogen) atoms. The predicted octanol–water partition coefficient (Wildman–Crippen LogP) is 4.68. The number of benzene rings is 2. The largest absolute Gasteiger partial charge is 0.497 e. The van der Waals surface area contributed by atoms with Crippen LogP contribution in [0.4, 0.5) is 10.7 Å². The van der Waals surface area contributed by atoms with Gasteiger partial charge in [-0.15, -0.1) is 11.3 Å². The van der Waals surface area contributed by atoms with Crippen LogP contribution in [0.25, 0.3) is 0 Å². The third kappa shape index (κ3) is 5.74. The fraction of sp³-hybridized carbons (Fsp3) is 0.240.